The minimum Gasteiger partial charge on any atom is -0.423 e. The third-order valence-electron chi connectivity index (χ3n) is 3.66. The molecule has 0 bridgehead atoms. The number of rotatable bonds is 7. The highest BCUT2D eigenvalue weighted by Gasteiger charge is 2.11. The zero-order chi connectivity index (χ0) is 17.7. The van der Waals surface area contributed by atoms with E-state index in [0.29, 0.717) is 18.7 Å². The minimum absolute atomic E-state index is 0.250. The summed E-state index contributed by atoms with van der Waals surface area (Å²) in [6, 6.07) is 17.0. The van der Waals surface area contributed by atoms with Gasteiger partial charge in [-0.3, -0.25) is 0 Å². The molecule has 1 aromatic heterocycles. The van der Waals surface area contributed by atoms with Gasteiger partial charge in [0.05, 0.1) is 4.90 Å². The molecular weight excluding hydrogens is 340 g/mol. The van der Waals surface area contributed by atoms with Gasteiger partial charge in [-0.2, -0.15) is 0 Å². The van der Waals surface area contributed by atoms with Gasteiger partial charge in [-0.1, -0.05) is 30.3 Å². The quantitative estimate of drug-likeness (QED) is 0.497. The lowest BCUT2D eigenvalue weighted by atomic mass is 10.1. The standard InChI is InChI=1S/C18H18N2O4S/c21-18-9-8-15-7-6-14(12-17(15)24-18)13-19-10-11-20-25(22,23)16-4-2-1-3-5-16/h1-9,12,19-20H,10-11,13H2. The number of benzene rings is 2. The summed E-state index contributed by atoms with van der Waals surface area (Å²) in [6.07, 6.45) is 0. The highest BCUT2D eigenvalue weighted by Crippen LogP contribution is 2.13. The summed E-state index contributed by atoms with van der Waals surface area (Å²) in [5, 5.41) is 4.02. The van der Waals surface area contributed by atoms with E-state index >= 15 is 0 Å². The van der Waals surface area contributed by atoms with Crippen LogP contribution >= 0.6 is 0 Å². The van der Waals surface area contributed by atoms with Crippen molar-refractivity contribution in [3.63, 3.8) is 0 Å². The lowest BCUT2D eigenvalue weighted by Gasteiger charge is -2.08. The molecule has 1 heterocycles. The number of nitrogens with one attached hydrogen (secondary N) is 2. The molecule has 0 aliphatic carbocycles. The molecule has 2 aromatic carbocycles. The highest BCUT2D eigenvalue weighted by atomic mass is 32.2. The molecule has 0 radical (unpaired) electrons. The first-order chi connectivity index (χ1) is 12.0. The first kappa shape index (κ1) is 17.3. The van der Waals surface area contributed by atoms with Crippen LogP contribution in [0.4, 0.5) is 0 Å². The molecule has 0 spiro atoms. The maximum Gasteiger partial charge on any atom is 0.336 e. The van der Waals surface area contributed by atoms with Crippen LogP contribution in [0.5, 0.6) is 0 Å². The highest BCUT2D eigenvalue weighted by molar-refractivity contribution is 7.89. The molecule has 0 aliphatic rings. The van der Waals surface area contributed by atoms with Gasteiger partial charge < -0.3 is 9.73 Å². The summed E-state index contributed by atoms with van der Waals surface area (Å²) in [4.78, 5) is 11.5. The molecule has 0 unspecified atom stereocenters. The van der Waals surface area contributed by atoms with Crippen LogP contribution < -0.4 is 15.7 Å². The molecule has 0 fully saturated rings. The third-order valence-corrected chi connectivity index (χ3v) is 5.14. The SMILES string of the molecule is O=c1ccc2ccc(CNCCNS(=O)(=O)c3ccccc3)cc2o1. The van der Waals surface area contributed by atoms with Gasteiger partial charge in [0, 0.05) is 31.1 Å². The second-order valence-electron chi connectivity index (χ2n) is 5.51. The van der Waals surface area contributed by atoms with Crippen molar-refractivity contribution in [3.8, 4) is 0 Å². The van der Waals surface area contributed by atoms with Crippen molar-refractivity contribution in [1.29, 1.82) is 0 Å². The molecule has 130 valence electrons. The second-order valence-corrected chi connectivity index (χ2v) is 7.28. The first-order valence-electron chi connectivity index (χ1n) is 7.83. The Kier molecular flexibility index (Phi) is 5.28. The van der Waals surface area contributed by atoms with Gasteiger partial charge in [0.25, 0.3) is 0 Å². The zero-order valence-electron chi connectivity index (χ0n) is 13.4. The van der Waals surface area contributed by atoms with Gasteiger partial charge in [-0.05, 0) is 29.8 Å². The van der Waals surface area contributed by atoms with Crippen LogP contribution in [-0.4, -0.2) is 21.5 Å². The van der Waals surface area contributed by atoms with E-state index in [1.54, 1.807) is 42.5 Å². The fourth-order valence-corrected chi connectivity index (χ4v) is 3.46. The minimum atomic E-state index is -3.48. The van der Waals surface area contributed by atoms with Gasteiger partial charge in [0.15, 0.2) is 0 Å². The fraction of sp³-hybridized carbons (Fsp3) is 0.167. The van der Waals surface area contributed by atoms with Crippen LogP contribution in [-0.2, 0) is 16.6 Å². The predicted molar refractivity (Wildman–Crippen MR) is 95.8 cm³/mol. The molecule has 25 heavy (non-hydrogen) atoms. The van der Waals surface area contributed by atoms with Crippen LogP contribution in [0, 0.1) is 0 Å². The van der Waals surface area contributed by atoms with E-state index < -0.39 is 10.0 Å². The largest absolute Gasteiger partial charge is 0.423 e. The average molecular weight is 358 g/mol. The maximum absolute atomic E-state index is 12.1. The summed E-state index contributed by atoms with van der Waals surface area (Å²) >= 11 is 0. The first-order valence-corrected chi connectivity index (χ1v) is 9.31. The molecule has 3 aromatic rings. The molecule has 0 amide bonds. The third kappa shape index (κ3) is 4.54. The summed E-state index contributed by atoms with van der Waals surface area (Å²) < 4.78 is 31.8. The van der Waals surface area contributed by atoms with Crippen molar-refractivity contribution >= 4 is 21.0 Å². The molecule has 7 heteroatoms. The Balaban J connectivity index is 1.51. The van der Waals surface area contributed by atoms with Gasteiger partial charge in [-0.15, -0.1) is 0 Å². The van der Waals surface area contributed by atoms with Crippen LogP contribution in [0.2, 0.25) is 0 Å². The van der Waals surface area contributed by atoms with E-state index in [1.165, 1.54) is 6.07 Å². The summed E-state index contributed by atoms with van der Waals surface area (Å²) in [7, 11) is -3.48. The molecule has 3 rings (SSSR count). The summed E-state index contributed by atoms with van der Waals surface area (Å²) in [5.41, 5.74) is 1.11. The molecular formula is C18H18N2O4S. The second kappa shape index (κ2) is 7.60. The van der Waals surface area contributed by atoms with E-state index in [0.717, 1.165) is 10.9 Å². The lowest BCUT2D eigenvalue weighted by Crippen LogP contribution is -2.31. The molecule has 2 N–H and O–H groups in total. The molecule has 0 atom stereocenters. The van der Waals surface area contributed by atoms with Crippen molar-refractivity contribution < 1.29 is 12.8 Å². The Morgan fingerprint density at radius 1 is 0.920 bits per heavy atom. The van der Waals surface area contributed by atoms with E-state index in [-0.39, 0.29) is 17.1 Å². The Hall–Kier alpha value is -2.48. The van der Waals surface area contributed by atoms with Gasteiger partial charge >= 0.3 is 5.63 Å². The Labute approximate surface area is 145 Å². The lowest BCUT2D eigenvalue weighted by molar-refractivity contribution is 0.560. The maximum atomic E-state index is 12.1. The van der Waals surface area contributed by atoms with E-state index in [4.69, 9.17) is 4.42 Å². The van der Waals surface area contributed by atoms with Gasteiger partial charge in [0.2, 0.25) is 10.0 Å². The topological polar surface area (TPSA) is 88.4 Å². The molecule has 0 saturated carbocycles. The van der Waals surface area contributed by atoms with Crippen LogP contribution in [0.15, 0.2) is 74.8 Å². The van der Waals surface area contributed by atoms with E-state index in [1.807, 2.05) is 12.1 Å². The fourth-order valence-electron chi connectivity index (χ4n) is 2.40. The molecule has 0 aliphatic heterocycles. The van der Waals surface area contributed by atoms with Crippen molar-refractivity contribution in [2.24, 2.45) is 0 Å². The van der Waals surface area contributed by atoms with Crippen LogP contribution in [0.1, 0.15) is 5.56 Å². The van der Waals surface area contributed by atoms with Crippen LogP contribution in [0.25, 0.3) is 11.0 Å². The van der Waals surface area contributed by atoms with E-state index in [9.17, 15) is 13.2 Å². The number of sulfonamides is 1. The molecule has 6 nitrogen and oxygen atoms in total. The Bertz CT molecular complexity index is 1010. The van der Waals surface area contributed by atoms with Gasteiger partial charge in [-0.25, -0.2) is 17.9 Å². The number of hydrogen-bond acceptors (Lipinski definition) is 5. The number of fused-ring (bicyclic) bond motifs is 1. The normalized spacial score (nSPS) is 11.7. The molecule has 0 saturated heterocycles. The number of hydrogen-bond donors (Lipinski definition) is 2. The smallest absolute Gasteiger partial charge is 0.336 e. The zero-order valence-corrected chi connectivity index (χ0v) is 14.3. The Morgan fingerprint density at radius 2 is 1.68 bits per heavy atom. The summed E-state index contributed by atoms with van der Waals surface area (Å²) in [5.74, 6) is 0. The monoisotopic (exact) mass is 358 g/mol. The average Bonchev–Trinajstić information content (AvgIpc) is 2.62. The van der Waals surface area contributed by atoms with Crippen molar-refractivity contribution in [2.75, 3.05) is 13.1 Å². The summed E-state index contributed by atoms with van der Waals surface area (Å²) in [6.45, 7) is 1.30. The van der Waals surface area contributed by atoms with Crippen molar-refractivity contribution in [2.45, 2.75) is 11.4 Å². The van der Waals surface area contributed by atoms with Gasteiger partial charge in [0.1, 0.15) is 5.58 Å². The van der Waals surface area contributed by atoms with Crippen LogP contribution in [0.3, 0.4) is 0 Å². The Morgan fingerprint density at radius 3 is 2.48 bits per heavy atom. The predicted octanol–water partition coefficient (Wildman–Crippen LogP) is 1.86. The van der Waals surface area contributed by atoms with E-state index in [2.05, 4.69) is 10.0 Å². The van der Waals surface area contributed by atoms with Crippen molar-refractivity contribution in [3.05, 3.63) is 76.6 Å². The van der Waals surface area contributed by atoms with Crippen molar-refractivity contribution in [1.82, 2.24) is 10.0 Å².